The van der Waals surface area contributed by atoms with Gasteiger partial charge in [-0.25, -0.2) is 0 Å². The summed E-state index contributed by atoms with van der Waals surface area (Å²) in [7, 11) is 0. The Labute approximate surface area is 88.4 Å². The fourth-order valence-corrected chi connectivity index (χ4v) is 2.37. The van der Waals surface area contributed by atoms with Gasteiger partial charge < -0.3 is 4.84 Å². The number of hydrogen-bond donors (Lipinski definition) is 1. The Morgan fingerprint density at radius 1 is 1.36 bits per heavy atom. The lowest BCUT2D eigenvalue weighted by atomic mass is 9.91. The molecule has 2 heteroatoms. The van der Waals surface area contributed by atoms with Gasteiger partial charge in [0, 0.05) is 6.04 Å². The van der Waals surface area contributed by atoms with Crippen LogP contribution in [0.2, 0.25) is 0 Å². The van der Waals surface area contributed by atoms with E-state index in [9.17, 15) is 0 Å². The van der Waals surface area contributed by atoms with Gasteiger partial charge in [-0.2, -0.15) is 5.48 Å². The van der Waals surface area contributed by atoms with Gasteiger partial charge in [0.2, 0.25) is 0 Å². The van der Waals surface area contributed by atoms with E-state index >= 15 is 0 Å². The van der Waals surface area contributed by atoms with Gasteiger partial charge in [-0.05, 0) is 30.1 Å². The predicted octanol–water partition coefficient (Wildman–Crippen LogP) is 2.99. The number of rotatable bonds is 4. The van der Waals surface area contributed by atoms with Crippen LogP contribution in [0.3, 0.4) is 0 Å². The summed E-state index contributed by atoms with van der Waals surface area (Å²) in [6, 6.07) is 0.545. The van der Waals surface area contributed by atoms with E-state index in [2.05, 4.69) is 40.1 Å². The van der Waals surface area contributed by atoms with Crippen LogP contribution in [0, 0.1) is 17.3 Å². The molecule has 2 nitrogen and oxygen atoms in total. The lowest BCUT2D eigenvalue weighted by Gasteiger charge is -2.18. The van der Waals surface area contributed by atoms with Crippen LogP contribution in [-0.2, 0) is 4.84 Å². The van der Waals surface area contributed by atoms with E-state index in [1.165, 1.54) is 12.8 Å². The molecule has 84 valence electrons. The zero-order chi connectivity index (χ0) is 10.8. The normalized spacial score (nSPS) is 31.3. The van der Waals surface area contributed by atoms with Crippen molar-refractivity contribution in [3.63, 3.8) is 0 Å². The van der Waals surface area contributed by atoms with Crippen molar-refractivity contribution in [3.05, 3.63) is 0 Å². The topological polar surface area (TPSA) is 21.3 Å². The molecule has 0 bridgehead atoms. The molecule has 1 rings (SSSR count). The highest BCUT2D eigenvalue weighted by Gasteiger charge is 2.36. The number of hydroxylamine groups is 1. The first-order chi connectivity index (χ1) is 6.41. The van der Waals surface area contributed by atoms with E-state index in [0.717, 1.165) is 12.5 Å². The quantitative estimate of drug-likeness (QED) is 0.703. The molecule has 14 heavy (non-hydrogen) atoms. The minimum atomic E-state index is 0.484. The minimum Gasteiger partial charge on any atom is -0.301 e. The van der Waals surface area contributed by atoms with Crippen molar-refractivity contribution in [3.8, 4) is 0 Å². The van der Waals surface area contributed by atoms with Crippen molar-refractivity contribution in [2.75, 3.05) is 6.61 Å². The Hall–Kier alpha value is -0.0800. The fraction of sp³-hybridized carbons (Fsp3) is 1.00. The lowest BCUT2D eigenvalue weighted by molar-refractivity contribution is -0.00688. The molecule has 1 aliphatic carbocycles. The van der Waals surface area contributed by atoms with Crippen LogP contribution in [0.5, 0.6) is 0 Å². The third-order valence-electron chi connectivity index (χ3n) is 2.99. The standard InChI is InChI=1S/C12H25NO/c1-9(2)8-14-13-11-7-12(4,5)6-10(11)3/h9-11,13H,6-8H2,1-5H3. The summed E-state index contributed by atoms with van der Waals surface area (Å²) in [5, 5.41) is 0. The number of nitrogens with one attached hydrogen (secondary N) is 1. The second-order valence-electron chi connectivity index (χ2n) is 5.98. The Bertz CT molecular complexity index is 177. The summed E-state index contributed by atoms with van der Waals surface area (Å²) in [6.07, 6.45) is 2.53. The van der Waals surface area contributed by atoms with Gasteiger partial charge in [0.15, 0.2) is 0 Å². The van der Waals surface area contributed by atoms with E-state index in [-0.39, 0.29) is 0 Å². The summed E-state index contributed by atoms with van der Waals surface area (Å²) >= 11 is 0. The maximum atomic E-state index is 5.49. The molecule has 0 aliphatic heterocycles. The smallest absolute Gasteiger partial charge is 0.0705 e. The highest BCUT2D eigenvalue weighted by Crippen LogP contribution is 2.40. The van der Waals surface area contributed by atoms with Crippen LogP contribution in [0.25, 0.3) is 0 Å². The van der Waals surface area contributed by atoms with Crippen LogP contribution < -0.4 is 5.48 Å². The van der Waals surface area contributed by atoms with Crippen molar-refractivity contribution < 1.29 is 4.84 Å². The SMILES string of the molecule is CC(C)CONC1CC(C)(C)CC1C. The molecule has 0 amide bonds. The minimum absolute atomic E-state index is 0.484. The molecule has 0 radical (unpaired) electrons. The van der Waals surface area contributed by atoms with Crippen molar-refractivity contribution in [2.45, 2.75) is 53.5 Å². The highest BCUT2D eigenvalue weighted by atomic mass is 16.6. The first kappa shape index (κ1) is 12.0. The molecule has 0 heterocycles. The molecule has 0 spiro atoms. The van der Waals surface area contributed by atoms with Crippen LogP contribution >= 0.6 is 0 Å². The fourth-order valence-electron chi connectivity index (χ4n) is 2.37. The second-order valence-corrected chi connectivity index (χ2v) is 5.98. The Kier molecular flexibility index (Phi) is 3.96. The van der Waals surface area contributed by atoms with Crippen LogP contribution in [0.15, 0.2) is 0 Å². The summed E-state index contributed by atoms with van der Waals surface area (Å²) in [4.78, 5) is 5.49. The molecule has 2 unspecified atom stereocenters. The Morgan fingerprint density at radius 3 is 2.43 bits per heavy atom. The molecule has 1 N–H and O–H groups in total. The zero-order valence-corrected chi connectivity index (χ0v) is 10.3. The van der Waals surface area contributed by atoms with E-state index in [1.807, 2.05) is 0 Å². The maximum Gasteiger partial charge on any atom is 0.0705 e. The van der Waals surface area contributed by atoms with Crippen molar-refractivity contribution in [1.82, 2.24) is 5.48 Å². The first-order valence-electron chi connectivity index (χ1n) is 5.78. The number of hydrogen-bond acceptors (Lipinski definition) is 2. The molecular formula is C12H25NO. The molecule has 0 aromatic heterocycles. The summed E-state index contributed by atoms with van der Waals surface area (Å²) in [5.74, 6) is 1.34. The monoisotopic (exact) mass is 199 g/mol. The average Bonchev–Trinajstić information content (AvgIpc) is 2.24. The molecule has 0 aromatic rings. The molecule has 2 atom stereocenters. The lowest BCUT2D eigenvalue weighted by Crippen LogP contribution is -2.32. The first-order valence-corrected chi connectivity index (χ1v) is 5.78. The van der Waals surface area contributed by atoms with E-state index in [1.54, 1.807) is 0 Å². The van der Waals surface area contributed by atoms with E-state index < -0.39 is 0 Å². The molecule has 0 saturated heterocycles. The predicted molar refractivity (Wildman–Crippen MR) is 59.9 cm³/mol. The van der Waals surface area contributed by atoms with Crippen molar-refractivity contribution in [1.29, 1.82) is 0 Å². The zero-order valence-electron chi connectivity index (χ0n) is 10.3. The van der Waals surface area contributed by atoms with Crippen LogP contribution in [0.4, 0.5) is 0 Å². The third kappa shape index (κ3) is 3.58. The van der Waals surface area contributed by atoms with Crippen LogP contribution in [-0.4, -0.2) is 12.6 Å². The largest absolute Gasteiger partial charge is 0.301 e. The third-order valence-corrected chi connectivity index (χ3v) is 2.99. The second kappa shape index (κ2) is 4.63. The Balaban J connectivity index is 2.25. The van der Waals surface area contributed by atoms with E-state index in [4.69, 9.17) is 4.84 Å². The van der Waals surface area contributed by atoms with Crippen molar-refractivity contribution in [2.24, 2.45) is 17.3 Å². The Morgan fingerprint density at radius 2 is 2.00 bits per heavy atom. The molecule has 1 saturated carbocycles. The molecular weight excluding hydrogens is 174 g/mol. The average molecular weight is 199 g/mol. The summed E-state index contributed by atoms with van der Waals surface area (Å²) < 4.78 is 0. The van der Waals surface area contributed by atoms with Crippen molar-refractivity contribution >= 4 is 0 Å². The maximum absolute atomic E-state index is 5.49. The van der Waals surface area contributed by atoms with E-state index in [0.29, 0.717) is 17.4 Å². The molecule has 0 aromatic carbocycles. The molecule has 1 fully saturated rings. The summed E-state index contributed by atoms with van der Waals surface area (Å²) in [5.41, 5.74) is 3.70. The van der Waals surface area contributed by atoms with Gasteiger partial charge in [-0.1, -0.05) is 34.6 Å². The highest BCUT2D eigenvalue weighted by molar-refractivity contribution is 4.89. The van der Waals surface area contributed by atoms with Gasteiger partial charge in [-0.15, -0.1) is 0 Å². The van der Waals surface area contributed by atoms with Gasteiger partial charge in [0.1, 0.15) is 0 Å². The van der Waals surface area contributed by atoms with Gasteiger partial charge in [0.25, 0.3) is 0 Å². The van der Waals surface area contributed by atoms with Gasteiger partial charge >= 0.3 is 0 Å². The van der Waals surface area contributed by atoms with Crippen LogP contribution in [0.1, 0.15) is 47.5 Å². The van der Waals surface area contributed by atoms with Gasteiger partial charge in [-0.3, -0.25) is 0 Å². The molecule has 1 aliphatic rings. The summed E-state index contributed by atoms with van der Waals surface area (Å²) in [6.45, 7) is 12.1. The van der Waals surface area contributed by atoms with Gasteiger partial charge in [0.05, 0.1) is 6.61 Å².